The fraction of sp³-hybridized carbons (Fsp3) is 0.900. The predicted octanol–water partition coefficient (Wildman–Crippen LogP) is 1.38. The molecule has 0 spiro atoms. The number of likely N-dealkylation sites (tertiary alicyclic amines) is 1. The molecule has 1 rings (SSSR count). The molecule has 82 valence electrons. The van der Waals surface area contributed by atoms with Crippen LogP contribution in [0.3, 0.4) is 0 Å². The highest BCUT2D eigenvalue weighted by Gasteiger charge is 2.22. The fourth-order valence-electron chi connectivity index (χ4n) is 1.82. The summed E-state index contributed by atoms with van der Waals surface area (Å²) in [6.07, 6.45) is 2.50. The van der Waals surface area contributed by atoms with Gasteiger partial charge in [0, 0.05) is 25.7 Å². The molecule has 0 bridgehead atoms. The maximum atomic E-state index is 5.34. The molecule has 1 heterocycles. The van der Waals surface area contributed by atoms with Crippen molar-refractivity contribution in [1.29, 1.82) is 0 Å². The molecule has 0 aromatic heterocycles. The molecule has 0 amide bonds. The minimum Gasteiger partial charge on any atom is -0.383 e. The van der Waals surface area contributed by atoms with Gasteiger partial charge in [0.2, 0.25) is 0 Å². The van der Waals surface area contributed by atoms with Gasteiger partial charge in [-0.15, -0.1) is 0 Å². The summed E-state index contributed by atoms with van der Waals surface area (Å²) in [5.41, 5.74) is 0. The second kappa shape index (κ2) is 5.51. The molecule has 4 heteroatoms. The summed E-state index contributed by atoms with van der Waals surface area (Å²) in [7, 11) is 1.71. The van der Waals surface area contributed by atoms with E-state index in [-0.39, 0.29) is 0 Å². The molecule has 1 fully saturated rings. The lowest BCUT2D eigenvalue weighted by atomic mass is 10.2. The van der Waals surface area contributed by atoms with Crippen molar-refractivity contribution in [3.8, 4) is 0 Å². The van der Waals surface area contributed by atoms with E-state index < -0.39 is 0 Å². The number of hydrogen-bond acceptors (Lipinski definition) is 2. The molecular formula is C10H20N2OS. The van der Waals surface area contributed by atoms with Crippen LogP contribution in [0, 0.1) is 0 Å². The highest BCUT2D eigenvalue weighted by atomic mass is 32.1. The Morgan fingerprint density at radius 3 is 2.93 bits per heavy atom. The van der Waals surface area contributed by atoms with Crippen LogP contribution in [0.5, 0.6) is 0 Å². The van der Waals surface area contributed by atoms with E-state index in [2.05, 4.69) is 24.1 Å². The van der Waals surface area contributed by atoms with Crippen LogP contribution in [0.15, 0.2) is 0 Å². The normalized spacial score (nSPS) is 23.6. The summed E-state index contributed by atoms with van der Waals surface area (Å²) in [4.78, 5) is 2.27. The first-order valence-electron chi connectivity index (χ1n) is 5.21. The smallest absolute Gasteiger partial charge is 0.169 e. The van der Waals surface area contributed by atoms with Gasteiger partial charge in [-0.2, -0.15) is 0 Å². The Bertz CT molecular complexity index is 199. The summed E-state index contributed by atoms with van der Waals surface area (Å²) in [6, 6.07) is 0.880. The first kappa shape index (κ1) is 11.7. The molecule has 0 aromatic carbocycles. The average molecular weight is 216 g/mol. The highest BCUT2D eigenvalue weighted by molar-refractivity contribution is 7.80. The molecule has 1 aliphatic rings. The van der Waals surface area contributed by atoms with E-state index in [9.17, 15) is 0 Å². The first-order valence-corrected chi connectivity index (χ1v) is 5.62. The summed E-state index contributed by atoms with van der Waals surface area (Å²) >= 11 is 5.34. The minimum atomic E-state index is 0.292. The van der Waals surface area contributed by atoms with Crippen molar-refractivity contribution in [2.24, 2.45) is 0 Å². The second-order valence-electron chi connectivity index (χ2n) is 3.99. The lowest BCUT2D eigenvalue weighted by Gasteiger charge is -2.27. The van der Waals surface area contributed by atoms with Crippen LogP contribution in [0.25, 0.3) is 0 Å². The standard InChI is InChI=1S/C10H20N2OS/c1-8(7-13-3)11-10(14)12-6-4-5-9(12)2/h8-9H,4-7H2,1-3H3,(H,11,14). The van der Waals surface area contributed by atoms with Gasteiger partial charge < -0.3 is 15.0 Å². The van der Waals surface area contributed by atoms with Crippen molar-refractivity contribution in [1.82, 2.24) is 10.2 Å². The molecule has 0 saturated carbocycles. The molecule has 0 aromatic rings. The molecule has 0 radical (unpaired) electrons. The second-order valence-corrected chi connectivity index (χ2v) is 4.38. The fourth-order valence-corrected chi connectivity index (χ4v) is 2.29. The van der Waals surface area contributed by atoms with Gasteiger partial charge in [-0.1, -0.05) is 0 Å². The molecule has 2 atom stereocenters. The zero-order chi connectivity index (χ0) is 10.6. The Hall–Kier alpha value is -0.350. The van der Waals surface area contributed by atoms with Crippen LogP contribution in [-0.2, 0) is 4.74 Å². The molecule has 0 aliphatic carbocycles. The lowest BCUT2D eigenvalue weighted by Crippen LogP contribution is -2.46. The van der Waals surface area contributed by atoms with E-state index in [0.29, 0.717) is 18.7 Å². The number of nitrogens with zero attached hydrogens (tertiary/aromatic N) is 1. The summed E-state index contributed by atoms with van der Waals surface area (Å²) in [5.74, 6) is 0. The number of thiocarbonyl (C=S) groups is 1. The number of ether oxygens (including phenoxy) is 1. The van der Waals surface area contributed by atoms with Gasteiger partial charge in [0.25, 0.3) is 0 Å². The summed E-state index contributed by atoms with van der Waals surface area (Å²) in [6.45, 7) is 6.09. The molecule has 1 aliphatic heterocycles. The third kappa shape index (κ3) is 3.10. The van der Waals surface area contributed by atoms with Gasteiger partial charge in [0.1, 0.15) is 0 Å². The van der Waals surface area contributed by atoms with E-state index in [1.54, 1.807) is 7.11 Å². The van der Waals surface area contributed by atoms with Crippen LogP contribution in [0.1, 0.15) is 26.7 Å². The third-order valence-electron chi connectivity index (χ3n) is 2.60. The lowest BCUT2D eigenvalue weighted by molar-refractivity contribution is 0.177. The topological polar surface area (TPSA) is 24.5 Å². The third-order valence-corrected chi connectivity index (χ3v) is 2.95. The van der Waals surface area contributed by atoms with Gasteiger partial charge in [0.05, 0.1) is 6.61 Å². The Morgan fingerprint density at radius 2 is 2.43 bits per heavy atom. The molecule has 1 N–H and O–H groups in total. The van der Waals surface area contributed by atoms with Crippen LogP contribution < -0.4 is 5.32 Å². The van der Waals surface area contributed by atoms with Crippen LogP contribution in [0.4, 0.5) is 0 Å². The first-order chi connectivity index (χ1) is 6.65. The Kier molecular flexibility index (Phi) is 4.62. The maximum absolute atomic E-state index is 5.34. The Labute approximate surface area is 91.8 Å². The van der Waals surface area contributed by atoms with Gasteiger partial charge in [-0.25, -0.2) is 0 Å². The van der Waals surface area contributed by atoms with Crippen molar-refractivity contribution >= 4 is 17.3 Å². The van der Waals surface area contributed by atoms with E-state index in [4.69, 9.17) is 17.0 Å². The van der Waals surface area contributed by atoms with Gasteiger partial charge in [0.15, 0.2) is 5.11 Å². The quantitative estimate of drug-likeness (QED) is 0.720. The van der Waals surface area contributed by atoms with Gasteiger partial charge >= 0.3 is 0 Å². The predicted molar refractivity (Wildman–Crippen MR) is 62.5 cm³/mol. The number of hydrogen-bond donors (Lipinski definition) is 1. The zero-order valence-corrected chi connectivity index (χ0v) is 10.1. The zero-order valence-electron chi connectivity index (χ0n) is 9.25. The van der Waals surface area contributed by atoms with Crippen molar-refractivity contribution in [3.63, 3.8) is 0 Å². The minimum absolute atomic E-state index is 0.292. The number of nitrogens with one attached hydrogen (secondary N) is 1. The molecular weight excluding hydrogens is 196 g/mol. The SMILES string of the molecule is COCC(C)NC(=S)N1CCCC1C. The Morgan fingerprint density at radius 1 is 1.71 bits per heavy atom. The van der Waals surface area contributed by atoms with Crippen molar-refractivity contribution in [2.45, 2.75) is 38.8 Å². The van der Waals surface area contributed by atoms with E-state index >= 15 is 0 Å². The number of methoxy groups -OCH3 is 1. The Balaban J connectivity index is 2.33. The summed E-state index contributed by atoms with van der Waals surface area (Å²) < 4.78 is 5.05. The monoisotopic (exact) mass is 216 g/mol. The van der Waals surface area contributed by atoms with Gasteiger partial charge in [-0.3, -0.25) is 0 Å². The molecule has 1 saturated heterocycles. The maximum Gasteiger partial charge on any atom is 0.169 e. The largest absolute Gasteiger partial charge is 0.383 e. The van der Waals surface area contributed by atoms with Crippen LogP contribution in [-0.4, -0.2) is 42.4 Å². The van der Waals surface area contributed by atoms with Gasteiger partial charge in [-0.05, 0) is 38.9 Å². The number of rotatable bonds is 3. The molecule has 2 unspecified atom stereocenters. The summed E-state index contributed by atoms with van der Waals surface area (Å²) in [5, 5.41) is 4.16. The van der Waals surface area contributed by atoms with E-state index in [1.807, 2.05) is 0 Å². The highest BCUT2D eigenvalue weighted by Crippen LogP contribution is 2.16. The average Bonchev–Trinajstić information content (AvgIpc) is 2.51. The van der Waals surface area contributed by atoms with Crippen LogP contribution in [0.2, 0.25) is 0 Å². The van der Waals surface area contributed by atoms with Crippen LogP contribution >= 0.6 is 12.2 Å². The van der Waals surface area contributed by atoms with Crippen molar-refractivity contribution < 1.29 is 4.74 Å². The van der Waals surface area contributed by atoms with E-state index in [1.165, 1.54) is 12.8 Å². The molecule has 14 heavy (non-hydrogen) atoms. The van der Waals surface area contributed by atoms with Crippen molar-refractivity contribution in [2.75, 3.05) is 20.3 Å². The van der Waals surface area contributed by atoms with Crippen molar-refractivity contribution in [3.05, 3.63) is 0 Å². The van der Waals surface area contributed by atoms with E-state index in [0.717, 1.165) is 11.7 Å². The molecule has 3 nitrogen and oxygen atoms in total.